The minimum absolute atomic E-state index is 0.160. The smallest absolute Gasteiger partial charge is 0.222 e. The molecule has 1 heterocycles. The van der Waals surface area contributed by atoms with Crippen molar-refractivity contribution in [3.63, 3.8) is 0 Å². The lowest BCUT2D eigenvalue weighted by molar-refractivity contribution is -0.124. The van der Waals surface area contributed by atoms with Crippen LogP contribution in [0.4, 0.5) is 0 Å². The second-order valence-electron chi connectivity index (χ2n) is 6.01. The van der Waals surface area contributed by atoms with Crippen LogP contribution in [0.5, 0.6) is 0 Å². The van der Waals surface area contributed by atoms with E-state index in [2.05, 4.69) is 17.6 Å². The monoisotopic (exact) mass is 268 g/mol. The lowest BCUT2D eigenvalue weighted by Crippen LogP contribution is -2.41. The second-order valence-corrected chi connectivity index (χ2v) is 6.01. The minimum atomic E-state index is 0.160. The molecule has 0 bridgehead atoms. The Balaban J connectivity index is 1.58. The maximum absolute atomic E-state index is 11.9. The molecule has 1 aliphatic heterocycles. The first kappa shape index (κ1) is 14.8. The Hall–Kier alpha value is -0.610. The SMILES string of the molecule is CC1CCCCC1NC(=O)CCOC1CCNCC1. The molecule has 0 aromatic rings. The number of rotatable bonds is 5. The fourth-order valence-electron chi connectivity index (χ4n) is 3.09. The number of ether oxygens (including phenoxy) is 1. The van der Waals surface area contributed by atoms with Crippen LogP contribution in [0.15, 0.2) is 0 Å². The lowest BCUT2D eigenvalue weighted by atomic mass is 9.86. The van der Waals surface area contributed by atoms with E-state index in [1.807, 2.05) is 0 Å². The molecule has 0 aromatic carbocycles. The normalized spacial score (nSPS) is 29.1. The van der Waals surface area contributed by atoms with E-state index >= 15 is 0 Å². The minimum Gasteiger partial charge on any atom is -0.378 e. The van der Waals surface area contributed by atoms with Gasteiger partial charge in [-0.2, -0.15) is 0 Å². The summed E-state index contributed by atoms with van der Waals surface area (Å²) in [6.45, 7) is 4.89. The highest BCUT2D eigenvalue weighted by molar-refractivity contribution is 5.76. The fourth-order valence-corrected chi connectivity index (χ4v) is 3.09. The summed E-state index contributed by atoms with van der Waals surface area (Å²) in [6.07, 6.45) is 7.95. The Bertz CT molecular complexity index is 277. The third-order valence-electron chi connectivity index (χ3n) is 4.43. The zero-order valence-corrected chi connectivity index (χ0v) is 12.1. The number of amides is 1. The molecule has 2 aliphatic rings. The van der Waals surface area contributed by atoms with Crippen LogP contribution in [0.2, 0.25) is 0 Å². The average molecular weight is 268 g/mol. The van der Waals surface area contributed by atoms with E-state index in [4.69, 9.17) is 4.74 Å². The predicted octanol–water partition coefficient (Wildman–Crippen LogP) is 1.84. The van der Waals surface area contributed by atoms with Gasteiger partial charge >= 0.3 is 0 Å². The predicted molar refractivity (Wildman–Crippen MR) is 76.0 cm³/mol. The van der Waals surface area contributed by atoms with E-state index in [1.54, 1.807) is 0 Å². The van der Waals surface area contributed by atoms with E-state index < -0.39 is 0 Å². The first-order valence-corrected chi connectivity index (χ1v) is 7.87. The van der Waals surface area contributed by atoms with E-state index in [0.29, 0.717) is 31.1 Å². The summed E-state index contributed by atoms with van der Waals surface area (Å²) in [6, 6.07) is 0.389. The van der Waals surface area contributed by atoms with Crippen molar-refractivity contribution in [1.82, 2.24) is 10.6 Å². The van der Waals surface area contributed by atoms with Gasteiger partial charge in [0.05, 0.1) is 12.7 Å². The van der Waals surface area contributed by atoms with Crippen LogP contribution in [0.3, 0.4) is 0 Å². The van der Waals surface area contributed by atoms with Crippen molar-refractivity contribution in [2.24, 2.45) is 5.92 Å². The molecule has 0 aromatic heterocycles. The highest BCUT2D eigenvalue weighted by Crippen LogP contribution is 2.23. The summed E-state index contributed by atoms with van der Waals surface area (Å²) >= 11 is 0. The maximum atomic E-state index is 11.9. The zero-order chi connectivity index (χ0) is 13.5. The van der Waals surface area contributed by atoms with Gasteiger partial charge < -0.3 is 15.4 Å². The average Bonchev–Trinajstić information content (AvgIpc) is 2.43. The number of hydrogen-bond donors (Lipinski definition) is 2. The molecule has 1 saturated heterocycles. The third kappa shape index (κ3) is 5.11. The van der Waals surface area contributed by atoms with E-state index in [1.165, 1.54) is 19.3 Å². The van der Waals surface area contributed by atoms with Crippen LogP contribution in [0.1, 0.15) is 51.9 Å². The molecule has 2 unspecified atom stereocenters. The Kier molecular flexibility index (Phi) is 6.11. The number of piperidine rings is 1. The van der Waals surface area contributed by atoms with Crippen LogP contribution >= 0.6 is 0 Å². The van der Waals surface area contributed by atoms with E-state index in [-0.39, 0.29) is 5.91 Å². The summed E-state index contributed by atoms with van der Waals surface area (Å²) in [5.74, 6) is 0.788. The Morgan fingerprint density at radius 2 is 1.95 bits per heavy atom. The number of carbonyl (C=O) groups excluding carboxylic acids is 1. The topological polar surface area (TPSA) is 50.4 Å². The van der Waals surface area contributed by atoms with Gasteiger partial charge in [-0.1, -0.05) is 19.8 Å². The van der Waals surface area contributed by atoms with E-state index in [0.717, 1.165) is 32.4 Å². The molecule has 1 saturated carbocycles. The fraction of sp³-hybridized carbons (Fsp3) is 0.933. The lowest BCUT2D eigenvalue weighted by Gasteiger charge is -2.29. The molecule has 2 fully saturated rings. The summed E-state index contributed by atoms with van der Waals surface area (Å²) in [7, 11) is 0. The maximum Gasteiger partial charge on any atom is 0.222 e. The van der Waals surface area contributed by atoms with Gasteiger partial charge in [0.15, 0.2) is 0 Å². The Labute approximate surface area is 116 Å². The Morgan fingerprint density at radius 1 is 1.21 bits per heavy atom. The van der Waals surface area contributed by atoms with Crippen LogP contribution in [0.25, 0.3) is 0 Å². The second kappa shape index (κ2) is 7.85. The number of hydrogen-bond acceptors (Lipinski definition) is 3. The van der Waals surface area contributed by atoms with Gasteiger partial charge in [-0.3, -0.25) is 4.79 Å². The summed E-state index contributed by atoms with van der Waals surface area (Å²) in [4.78, 5) is 11.9. The summed E-state index contributed by atoms with van der Waals surface area (Å²) in [5.41, 5.74) is 0. The largest absolute Gasteiger partial charge is 0.378 e. The van der Waals surface area contributed by atoms with Crippen molar-refractivity contribution in [3.8, 4) is 0 Å². The van der Waals surface area contributed by atoms with Crippen molar-refractivity contribution < 1.29 is 9.53 Å². The van der Waals surface area contributed by atoms with Crippen LogP contribution in [-0.4, -0.2) is 37.7 Å². The van der Waals surface area contributed by atoms with Gasteiger partial charge in [0, 0.05) is 12.5 Å². The molecule has 0 spiro atoms. The standard InChI is InChI=1S/C15H28N2O2/c1-12-4-2-3-5-14(12)17-15(18)8-11-19-13-6-9-16-10-7-13/h12-14,16H,2-11H2,1H3,(H,17,18). The highest BCUT2D eigenvalue weighted by Gasteiger charge is 2.22. The van der Waals surface area contributed by atoms with Crippen molar-refractivity contribution in [3.05, 3.63) is 0 Å². The summed E-state index contributed by atoms with van der Waals surface area (Å²) in [5, 5.41) is 6.49. The van der Waals surface area contributed by atoms with Gasteiger partial charge in [0.1, 0.15) is 0 Å². The van der Waals surface area contributed by atoms with Crippen molar-refractivity contribution in [2.75, 3.05) is 19.7 Å². The number of carbonyl (C=O) groups is 1. The molecule has 2 N–H and O–H groups in total. The summed E-state index contributed by atoms with van der Waals surface area (Å²) < 4.78 is 5.77. The molecule has 110 valence electrons. The molecule has 4 nitrogen and oxygen atoms in total. The quantitative estimate of drug-likeness (QED) is 0.800. The molecule has 1 amide bonds. The first-order valence-electron chi connectivity index (χ1n) is 7.87. The van der Waals surface area contributed by atoms with Gasteiger partial charge in [-0.15, -0.1) is 0 Å². The zero-order valence-electron chi connectivity index (χ0n) is 12.1. The molecule has 4 heteroatoms. The third-order valence-corrected chi connectivity index (χ3v) is 4.43. The van der Waals surface area contributed by atoms with Crippen LogP contribution < -0.4 is 10.6 Å². The molecule has 2 atom stereocenters. The van der Waals surface area contributed by atoms with Gasteiger partial charge in [-0.25, -0.2) is 0 Å². The molecule has 2 rings (SSSR count). The number of nitrogens with one attached hydrogen (secondary N) is 2. The van der Waals surface area contributed by atoms with Gasteiger partial charge in [0.25, 0.3) is 0 Å². The Morgan fingerprint density at radius 3 is 2.68 bits per heavy atom. The highest BCUT2D eigenvalue weighted by atomic mass is 16.5. The van der Waals surface area contributed by atoms with Crippen LogP contribution in [0, 0.1) is 5.92 Å². The first-order chi connectivity index (χ1) is 9.25. The van der Waals surface area contributed by atoms with Crippen molar-refractivity contribution in [1.29, 1.82) is 0 Å². The van der Waals surface area contributed by atoms with E-state index in [9.17, 15) is 4.79 Å². The van der Waals surface area contributed by atoms with Gasteiger partial charge in [-0.05, 0) is 44.7 Å². The van der Waals surface area contributed by atoms with Crippen molar-refractivity contribution >= 4 is 5.91 Å². The molecular weight excluding hydrogens is 240 g/mol. The molecule has 0 radical (unpaired) electrons. The van der Waals surface area contributed by atoms with Crippen molar-refractivity contribution in [2.45, 2.75) is 64.0 Å². The van der Waals surface area contributed by atoms with Gasteiger partial charge in [0.2, 0.25) is 5.91 Å². The molecule has 19 heavy (non-hydrogen) atoms. The van der Waals surface area contributed by atoms with Crippen LogP contribution in [-0.2, 0) is 9.53 Å². The molecule has 1 aliphatic carbocycles. The molecular formula is C15H28N2O2.